The number of nitrogens with one attached hydrogen (secondary N) is 2. The molecule has 0 bridgehead atoms. The molecule has 8 heteroatoms. The fraction of sp³-hybridized carbons (Fsp3) is 0.231. The highest BCUT2D eigenvalue weighted by Gasteiger charge is 2.20. The van der Waals surface area contributed by atoms with Gasteiger partial charge in [-0.15, -0.1) is 10.2 Å². The smallest absolute Gasteiger partial charge is 0.252 e. The zero-order valence-corrected chi connectivity index (χ0v) is 20.2. The first-order valence-electron chi connectivity index (χ1n) is 11.2. The van der Waals surface area contributed by atoms with Crippen molar-refractivity contribution < 1.29 is 9.59 Å². The summed E-state index contributed by atoms with van der Waals surface area (Å²) in [4.78, 5) is 25.2. The van der Waals surface area contributed by atoms with Crippen LogP contribution in [-0.2, 0) is 11.3 Å². The van der Waals surface area contributed by atoms with Gasteiger partial charge >= 0.3 is 0 Å². The number of carbonyl (C=O) groups excluding carboxylic acids is 2. The van der Waals surface area contributed by atoms with Crippen molar-refractivity contribution in [3.63, 3.8) is 0 Å². The second-order valence-electron chi connectivity index (χ2n) is 7.99. The predicted octanol–water partition coefficient (Wildman–Crippen LogP) is 4.98. The van der Waals surface area contributed by atoms with Crippen LogP contribution in [0.15, 0.2) is 71.9 Å². The van der Waals surface area contributed by atoms with Crippen molar-refractivity contribution in [2.75, 3.05) is 11.1 Å². The number of anilines is 1. The molecule has 4 aromatic rings. The van der Waals surface area contributed by atoms with Crippen LogP contribution < -0.4 is 10.6 Å². The van der Waals surface area contributed by atoms with E-state index >= 15 is 0 Å². The van der Waals surface area contributed by atoms with Gasteiger partial charge in [-0.2, -0.15) is 0 Å². The first-order valence-corrected chi connectivity index (χ1v) is 12.2. The molecule has 2 N–H and O–H groups in total. The Morgan fingerprint density at radius 3 is 2.50 bits per heavy atom. The number of nitrogens with zero attached hydrogens (tertiary/aromatic N) is 3. The highest BCUT2D eigenvalue weighted by molar-refractivity contribution is 7.99. The highest BCUT2D eigenvalue weighted by atomic mass is 32.2. The third-order valence-electron chi connectivity index (χ3n) is 5.55. The number of aromatic nitrogens is 3. The average molecular weight is 474 g/mol. The molecule has 4 rings (SSSR count). The molecule has 0 aliphatic carbocycles. The van der Waals surface area contributed by atoms with Crippen LogP contribution in [0.5, 0.6) is 0 Å². The Labute approximate surface area is 203 Å². The molecular weight excluding hydrogens is 446 g/mol. The maximum Gasteiger partial charge on any atom is 0.252 e. The first kappa shape index (κ1) is 23.5. The Bertz CT molecular complexity index is 1330. The minimum absolute atomic E-state index is 0.117. The average Bonchev–Trinajstić information content (AvgIpc) is 3.26. The highest BCUT2D eigenvalue weighted by Crippen LogP contribution is 2.23. The summed E-state index contributed by atoms with van der Waals surface area (Å²) in [6, 6.07) is 21.0. The lowest BCUT2D eigenvalue weighted by atomic mass is 10.1. The standard InChI is InChI=1S/C26H27N5O2S/c1-4-31-24(18(3)27-25(33)22-12-8-5-9-17(22)2)29-30-26(31)34-16-23(32)28-21-14-13-19-10-6-7-11-20(19)15-21/h5-15,18H,4,16H2,1-3H3,(H,27,33)(H,28,32)/t18-/m1/s1. The molecule has 0 aliphatic heterocycles. The summed E-state index contributed by atoms with van der Waals surface area (Å²) in [6.07, 6.45) is 0. The van der Waals surface area contributed by atoms with Gasteiger partial charge in [-0.3, -0.25) is 9.59 Å². The van der Waals surface area contributed by atoms with Crippen molar-refractivity contribution in [1.82, 2.24) is 20.1 Å². The van der Waals surface area contributed by atoms with Crippen molar-refractivity contribution >= 4 is 40.0 Å². The summed E-state index contributed by atoms with van der Waals surface area (Å²) in [6.45, 7) is 6.41. The number of aryl methyl sites for hydroxylation is 1. The van der Waals surface area contributed by atoms with E-state index in [0.717, 1.165) is 22.0 Å². The third kappa shape index (κ3) is 5.28. The Morgan fingerprint density at radius 1 is 1.00 bits per heavy atom. The Morgan fingerprint density at radius 2 is 1.74 bits per heavy atom. The molecule has 0 aliphatic rings. The van der Waals surface area contributed by atoms with Gasteiger partial charge in [0.1, 0.15) is 0 Å². The van der Waals surface area contributed by atoms with Gasteiger partial charge in [0.15, 0.2) is 11.0 Å². The largest absolute Gasteiger partial charge is 0.342 e. The predicted molar refractivity (Wildman–Crippen MR) is 136 cm³/mol. The van der Waals surface area contributed by atoms with E-state index in [4.69, 9.17) is 0 Å². The molecule has 0 fully saturated rings. The van der Waals surface area contributed by atoms with Gasteiger partial charge in [0.05, 0.1) is 11.8 Å². The molecule has 174 valence electrons. The molecule has 0 saturated heterocycles. The topological polar surface area (TPSA) is 88.9 Å². The maximum atomic E-state index is 12.7. The van der Waals surface area contributed by atoms with E-state index in [1.54, 1.807) is 6.07 Å². The molecule has 2 amide bonds. The second kappa shape index (κ2) is 10.5. The number of benzene rings is 3. The minimum atomic E-state index is -0.333. The van der Waals surface area contributed by atoms with Gasteiger partial charge in [-0.1, -0.05) is 60.3 Å². The van der Waals surface area contributed by atoms with Crippen LogP contribution in [0.3, 0.4) is 0 Å². The number of rotatable bonds is 8. The summed E-state index contributed by atoms with van der Waals surface area (Å²) >= 11 is 1.32. The van der Waals surface area contributed by atoms with Crippen molar-refractivity contribution in [2.24, 2.45) is 0 Å². The molecule has 0 radical (unpaired) electrons. The zero-order chi connectivity index (χ0) is 24.1. The van der Waals surface area contributed by atoms with Crippen molar-refractivity contribution in [3.8, 4) is 0 Å². The van der Waals surface area contributed by atoms with E-state index in [1.807, 2.05) is 86.0 Å². The van der Waals surface area contributed by atoms with E-state index in [2.05, 4.69) is 20.8 Å². The number of thioether (sulfide) groups is 1. The lowest BCUT2D eigenvalue weighted by Crippen LogP contribution is -2.29. The fourth-order valence-electron chi connectivity index (χ4n) is 3.79. The van der Waals surface area contributed by atoms with Gasteiger partial charge in [0.25, 0.3) is 5.91 Å². The fourth-order valence-corrected chi connectivity index (χ4v) is 4.59. The van der Waals surface area contributed by atoms with Gasteiger partial charge in [-0.05, 0) is 55.3 Å². The lowest BCUT2D eigenvalue weighted by molar-refractivity contribution is -0.113. The number of hydrogen-bond donors (Lipinski definition) is 2. The number of hydrogen-bond acceptors (Lipinski definition) is 5. The summed E-state index contributed by atoms with van der Waals surface area (Å²) in [7, 11) is 0. The van der Waals surface area contributed by atoms with Gasteiger partial charge in [-0.25, -0.2) is 0 Å². The molecule has 1 heterocycles. The van der Waals surface area contributed by atoms with Crippen molar-refractivity contribution in [2.45, 2.75) is 38.5 Å². The SMILES string of the molecule is CCn1c(SCC(=O)Nc2ccc3ccccc3c2)nnc1[C@@H](C)NC(=O)c1ccccc1C. The maximum absolute atomic E-state index is 12.7. The van der Waals surface area contributed by atoms with Crippen molar-refractivity contribution in [1.29, 1.82) is 0 Å². The molecule has 0 unspecified atom stereocenters. The van der Waals surface area contributed by atoms with E-state index in [1.165, 1.54) is 11.8 Å². The van der Waals surface area contributed by atoms with E-state index in [0.29, 0.717) is 23.1 Å². The van der Waals surface area contributed by atoms with Crippen LogP contribution in [0.2, 0.25) is 0 Å². The van der Waals surface area contributed by atoms with Crippen LogP contribution >= 0.6 is 11.8 Å². The lowest BCUT2D eigenvalue weighted by Gasteiger charge is -2.16. The quantitative estimate of drug-likeness (QED) is 0.352. The monoisotopic (exact) mass is 473 g/mol. The molecule has 1 aromatic heterocycles. The molecule has 1 atom stereocenters. The third-order valence-corrected chi connectivity index (χ3v) is 6.52. The van der Waals surface area contributed by atoms with Gasteiger partial charge in [0.2, 0.25) is 5.91 Å². The molecular formula is C26H27N5O2S. The summed E-state index contributed by atoms with van der Waals surface area (Å²) in [5.74, 6) is 0.588. The second-order valence-corrected chi connectivity index (χ2v) is 8.94. The van der Waals surface area contributed by atoms with E-state index in [9.17, 15) is 9.59 Å². The molecule has 0 spiro atoms. The molecule has 34 heavy (non-hydrogen) atoms. The summed E-state index contributed by atoms with van der Waals surface area (Å²) < 4.78 is 1.93. The van der Waals surface area contributed by atoms with Crippen LogP contribution in [0.1, 0.15) is 41.6 Å². The normalized spacial score (nSPS) is 11.9. The Hall–Kier alpha value is -3.65. The Balaban J connectivity index is 1.39. The minimum Gasteiger partial charge on any atom is -0.342 e. The van der Waals surface area contributed by atoms with Crippen LogP contribution in [0.25, 0.3) is 10.8 Å². The number of fused-ring (bicyclic) bond motifs is 1. The first-order chi connectivity index (χ1) is 16.5. The Kier molecular flexibility index (Phi) is 7.27. The van der Waals surface area contributed by atoms with E-state index < -0.39 is 0 Å². The molecule has 7 nitrogen and oxygen atoms in total. The van der Waals surface area contributed by atoms with Crippen molar-refractivity contribution in [3.05, 3.63) is 83.7 Å². The van der Waals surface area contributed by atoms with Gasteiger partial charge < -0.3 is 15.2 Å². The molecule has 0 saturated carbocycles. The zero-order valence-electron chi connectivity index (χ0n) is 19.4. The van der Waals surface area contributed by atoms with Gasteiger partial charge in [0, 0.05) is 17.8 Å². The summed E-state index contributed by atoms with van der Waals surface area (Å²) in [5, 5.41) is 17.4. The number of carbonyl (C=O) groups is 2. The van der Waals surface area contributed by atoms with Crippen LogP contribution in [0, 0.1) is 6.92 Å². The summed E-state index contributed by atoms with van der Waals surface area (Å²) in [5.41, 5.74) is 2.31. The molecule has 3 aromatic carbocycles. The van der Waals surface area contributed by atoms with Crippen LogP contribution in [-0.4, -0.2) is 32.3 Å². The van der Waals surface area contributed by atoms with E-state index in [-0.39, 0.29) is 23.6 Å². The number of amides is 2. The van der Waals surface area contributed by atoms with Crippen LogP contribution in [0.4, 0.5) is 5.69 Å².